The predicted octanol–water partition coefficient (Wildman–Crippen LogP) is 3.55. The fourth-order valence-corrected chi connectivity index (χ4v) is 2.86. The second-order valence-corrected chi connectivity index (χ2v) is 5.50. The van der Waals surface area contributed by atoms with Gasteiger partial charge in [-0.3, -0.25) is 9.48 Å². The van der Waals surface area contributed by atoms with Crippen molar-refractivity contribution in [1.82, 2.24) is 9.78 Å². The number of hydrogen-bond donors (Lipinski definition) is 0. The van der Waals surface area contributed by atoms with Crippen LogP contribution in [0.4, 0.5) is 0 Å². The van der Waals surface area contributed by atoms with Crippen LogP contribution in [0, 0.1) is 5.92 Å². The number of carbonyl (C=O) groups is 1. The molecule has 1 fully saturated rings. The van der Waals surface area contributed by atoms with Crippen LogP contribution in [0.15, 0.2) is 12.3 Å². The predicted molar refractivity (Wildman–Crippen MR) is 72.5 cm³/mol. The monoisotopic (exact) mass is 248 g/mol. The van der Waals surface area contributed by atoms with Crippen molar-refractivity contribution in [2.75, 3.05) is 0 Å². The topological polar surface area (TPSA) is 34.9 Å². The van der Waals surface area contributed by atoms with E-state index in [9.17, 15) is 4.79 Å². The lowest BCUT2D eigenvalue weighted by Crippen LogP contribution is -2.15. The van der Waals surface area contributed by atoms with Crippen LogP contribution in [0.2, 0.25) is 0 Å². The summed E-state index contributed by atoms with van der Waals surface area (Å²) in [6.45, 7) is 3.76. The van der Waals surface area contributed by atoms with Crippen molar-refractivity contribution in [2.24, 2.45) is 5.92 Å². The normalized spacial score (nSPS) is 18.8. The molecule has 0 N–H and O–H groups in total. The fourth-order valence-electron chi connectivity index (χ4n) is 2.86. The maximum Gasteiger partial charge on any atom is 0.133 e. The highest BCUT2D eigenvalue weighted by Crippen LogP contribution is 2.27. The average molecular weight is 248 g/mol. The number of nitrogens with zero attached hydrogens (tertiary/aromatic N) is 2. The Hall–Kier alpha value is -1.12. The zero-order valence-corrected chi connectivity index (χ0v) is 11.6. The van der Waals surface area contributed by atoms with E-state index < -0.39 is 0 Å². The number of carbonyl (C=O) groups excluding carboxylic acids is 1. The summed E-state index contributed by atoms with van der Waals surface area (Å²) in [5.74, 6) is 0.421. The van der Waals surface area contributed by atoms with Gasteiger partial charge < -0.3 is 0 Å². The van der Waals surface area contributed by atoms with Crippen molar-refractivity contribution in [2.45, 2.75) is 64.8 Å². The SMILES string of the molecule is CCC(Cc1ccn(C2CCCCC2)n1)C(C)=O. The first-order chi connectivity index (χ1) is 8.70. The molecule has 2 rings (SSSR count). The molecule has 1 aliphatic rings. The minimum absolute atomic E-state index is 0.139. The third kappa shape index (κ3) is 3.21. The summed E-state index contributed by atoms with van der Waals surface area (Å²) in [5.41, 5.74) is 1.07. The Morgan fingerprint density at radius 3 is 2.78 bits per heavy atom. The molecule has 1 heterocycles. The average Bonchev–Trinajstić information content (AvgIpc) is 2.85. The molecule has 100 valence electrons. The summed E-state index contributed by atoms with van der Waals surface area (Å²) in [6, 6.07) is 2.67. The van der Waals surface area contributed by atoms with Crippen molar-refractivity contribution in [3.05, 3.63) is 18.0 Å². The lowest BCUT2D eigenvalue weighted by Gasteiger charge is -2.21. The quantitative estimate of drug-likeness (QED) is 0.798. The van der Waals surface area contributed by atoms with Gasteiger partial charge in [-0.25, -0.2) is 0 Å². The standard InChI is InChI=1S/C15H24N2O/c1-3-13(12(2)18)11-14-9-10-17(16-14)15-7-5-4-6-8-15/h9-10,13,15H,3-8,11H2,1-2H3. The van der Waals surface area contributed by atoms with Crippen LogP contribution in [0.1, 0.15) is 64.1 Å². The van der Waals surface area contributed by atoms with Crippen LogP contribution in [-0.4, -0.2) is 15.6 Å². The fraction of sp³-hybridized carbons (Fsp3) is 0.733. The van der Waals surface area contributed by atoms with E-state index in [1.54, 1.807) is 6.92 Å². The molecule has 3 heteroatoms. The first-order valence-corrected chi connectivity index (χ1v) is 7.25. The summed E-state index contributed by atoms with van der Waals surface area (Å²) in [7, 11) is 0. The molecule has 0 amide bonds. The third-order valence-electron chi connectivity index (χ3n) is 4.14. The lowest BCUT2D eigenvalue weighted by atomic mass is 9.96. The minimum Gasteiger partial charge on any atom is -0.300 e. The Labute approximate surface area is 110 Å². The van der Waals surface area contributed by atoms with Gasteiger partial charge in [-0.15, -0.1) is 0 Å². The Kier molecular flexibility index (Phi) is 4.56. The molecular formula is C15H24N2O. The van der Waals surface area contributed by atoms with E-state index in [0.717, 1.165) is 18.5 Å². The Morgan fingerprint density at radius 1 is 1.44 bits per heavy atom. The van der Waals surface area contributed by atoms with Crippen LogP contribution < -0.4 is 0 Å². The van der Waals surface area contributed by atoms with Gasteiger partial charge in [-0.05, 0) is 32.3 Å². The smallest absolute Gasteiger partial charge is 0.133 e. The highest BCUT2D eigenvalue weighted by molar-refractivity contribution is 5.78. The first-order valence-electron chi connectivity index (χ1n) is 7.25. The summed E-state index contributed by atoms with van der Waals surface area (Å²) >= 11 is 0. The molecule has 0 aromatic carbocycles. The van der Waals surface area contributed by atoms with Crippen molar-refractivity contribution < 1.29 is 4.79 Å². The van der Waals surface area contributed by atoms with Gasteiger partial charge in [0.2, 0.25) is 0 Å². The van der Waals surface area contributed by atoms with E-state index in [0.29, 0.717) is 6.04 Å². The second-order valence-electron chi connectivity index (χ2n) is 5.50. The number of Topliss-reactive ketones (excluding diaryl/α,β-unsaturated/α-hetero) is 1. The largest absolute Gasteiger partial charge is 0.300 e. The number of aromatic nitrogens is 2. The van der Waals surface area contributed by atoms with Crippen LogP contribution >= 0.6 is 0 Å². The maximum atomic E-state index is 11.5. The minimum atomic E-state index is 0.139. The molecule has 1 aromatic heterocycles. The van der Waals surface area contributed by atoms with Crippen LogP contribution in [0.5, 0.6) is 0 Å². The van der Waals surface area contributed by atoms with E-state index >= 15 is 0 Å². The van der Waals surface area contributed by atoms with E-state index in [-0.39, 0.29) is 11.7 Å². The van der Waals surface area contributed by atoms with Gasteiger partial charge in [0.25, 0.3) is 0 Å². The molecule has 0 bridgehead atoms. The van der Waals surface area contributed by atoms with Gasteiger partial charge in [0.15, 0.2) is 0 Å². The molecule has 3 nitrogen and oxygen atoms in total. The van der Waals surface area contributed by atoms with Crippen molar-refractivity contribution in [3.8, 4) is 0 Å². The van der Waals surface area contributed by atoms with Gasteiger partial charge >= 0.3 is 0 Å². The molecule has 0 spiro atoms. The van der Waals surface area contributed by atoms with Gasteiger partial charge in [0.1, 0.15) is 5.78 Å². The number of ketones is 1. The molecular weight excluding hydrogens is 224 g/mol. The van der Waals surface area contributed by atoms with Crippen molar-refractivity contribution in [3.63, 3.8) is 0 Å². The molecule has 1 atom stereocenters. The Morgan fingerprint density at radius 2 is 2.17 bits per heavy atom. The van der Waals surface area contributed by atoms with Crippen LogP contribution in [-0.2, 0) is 11.2 Å². The van der Waals surface area contributed by atoms with E-state index in [2.05, 4.69) is 29.0 Å². The van der Waals surface area contributed by atoms with Gasteiger partial charge in [-0.1, -0.05) is 26.2 Å². The molecule has 1 saturated carbocycles. The zero-order chi connectivity index (χ0) is 13.0. The van der Waals surface area contributed by atoms with Crippen molar-refractivity contribution >= 4 is 5.78 Å². The second kappa shape index (κ2) is 6.17. The number of hydrogen-bond acceptors (Lipinski definition) is 2. The van der Waals surface area contributed by atoms with E-state index in [1.807, 2.05) is 0 Å². The molecule has 1 unspecified atom stereocenters. The van der Waals surface area contributed by atoms with Crippen LogP contribution in [0.25, 0.3) is 0 Å². The van der Waals surface area contributed by atoms with E-state index in [4.69, 9.17) is 0 Å². The molecule has 0 saturated heterocycles. The summed E-state index contributed by atoms with van der Waals surface area (Å²) in [6.07, 6.45) is 10.3. The van der Waals surface area contributed by atoms with Crippen molar-refractivity contribution in [1.29, 1.82) is 0 Å². The highest BCUT2D eigenvalue weighted by Gasteiger charge is 2.18. The third-order valence-corrected chi connectivity index (χ3v) is 4.14. The highest BCUT2D eigenvalue weighted by atomic mass is 16.1. The van der Waals surface area contributed by atoms with Crippen LogP contribution in [0.3, 0.4) is 0 Å². The molecule has 0 radical (unpaired) electrons. The zero-order valence-electron chi connectivity index (χ0n) is 11.6. The lowest BCUT2D eigenvalue weighted by molar-refractivity contribution is -0.120. The Bertz CT molecular complexity index is 391. The molecule has 0 aliphatic heterocycles. The van der Waals surface area contributed by atoms with Gasteiger partial charge in [-0.2, -0.15) is 5.10 Å². The van der Waals surface area contributed by atoms with Gasteiger partial charge in [0.05, 0.1) is 11.7 Å². The molecule has 1 aliphatic carbocycles. The maximum absolute atomic E-state index is 11.5. The Balaban J connectivity index is 1.98. The summed E-state index contributed by atoms with van der Waals surface area (Å²) < 4.78 is 2.13. The van der Waals surface area contributed by atoms with Gasteiger partial charge in [0, 0.05) is 18.5 Å². The summed E-state index contributed by atoms with van der Waals surface area (Å²) in [5, 5.41) is 4.67. The number of rotatable bonds is 5. The molecule has 18 heavy (non-hydrogen) atoms. The molecule has 1 aromatic rings. The first kappa shape index (κ1) is 13.3. The van der Waals surface area contributed by atoms with E-state index in [1.165, 1.54) is 32.1 Å². The summed E-state index contributed by atoms with van der Waals surface area (Å²) in [4.78, 5) is 11.5.